The molecule has 0 fully saturated rings. The van der Waals surface area contributed by atoms with Crippen molar-refractivity contribution in [3.8, 4) is 0 Å². The topological polar surface area (TPSA) is 295 Å². The first-order valence-corrected chi connectivity index (χ1v) is 11.0. The number of carboxylic acid groups (broad SMARTS) is 2. The summed E-state index contributed by atoms with van der Waals surface area (Å²) in [5.74, 6) is -6.97. The van der Waals surface area contributed by atoms with E-state index < -0.39 is 66.2 Å². The smallest absolute Gasteiger partial charge is 0.327 e. The van der Waals surface area contributed by atoms with E-state index in [1.807, 2.05) is 0 Å². The molecular weight excluding hydrogens is 488 g/mol. The second-order valence-corrected chi connectivity index (χ2v) is 7.73. The highest BCUT2D eigenvalue weighted by Crippen LogP contribution is 2.04. The van der Waals surface area contributed by atoms with E-state index in [1.54, 1.807) is 0 Å². The number of carboxylic acids is 2. The maximum atomic E-state index is 12.8. The third-order valence-electron chi connectivity index (χ3n) is 4.43. The Kier molecular flexibility index (Phi) is 14.4. The predicted molar refractivity (Wildman–Crippen MR) is 126 cm³/mol. The van der Waals surface area contributed by atoms with Crippen molar-refractivity contribution in [3.63, 3.8) is 0 Å². The van der Waals surface area contributed by atoms with Crippen LogP contribution >= 0.6 is 12.6 Å². The first-order chi connectivity index (χ1) is 16.3. The number of carbonyl (C=O) groups is 6. The Bertz CT molecular complexity index is 820. The Morgan fingerprint density at radius 3 is 1.86 bits per heavy atom. The molecule has 0 aliphatic heterocycles. The molecular formula is C18H32N8O8S. The van der Waals surface area contributed by atoms with Gasteiger partial charge in [-0.25, -0.2) is 4.79 Å². The van der Waals surface area contributed by atoms with Gasteiger partial charge in [0.25, 0.3) is 0 Å². The van der Waals surface area contributed by atoms with Crippen molar-refractivity contribution >= 4 is 54.2 Å². The molecule has 4 atom stereocenters. The molecule has 0 radical (unpaired) electrons. The maximum Gasteiger partial charge on any atom is 0.327 e. The van der Waals surface area contributed by atoms with Crippen LogP contribution < -0.4 is 38.9 Å². The van der Waals surface area contributed by atoms with E-state index >= 15 is 0 Å². The van der Waals surface area contributed by atoms with Gasteiger partial charge in [0.1, 0.15) is 18.1 Å². The van der Waals surface area contributed by atoms with Gasteiger partial charge in [0.2, 0.25) is 23.6 Å². The Hall–Kier alpha value is -3.60. The number of hydrogen-bond acceptors (Lipinski definition) is 9. The molecule has 0 rings (SSSR count). The lowest BCUT2D eigenvalue weighted by Crippen LogP contribution is -2.57. The van der Waals surface area contributed by atoms with Crippen LogP contribution in [-0.2, 0) is 28.8 Å². The minimum atomic E-state index is -1.69. The quantitative estimate of drug-likeness (QED) is 0.0377. The van der Waals surface area contributed by atoms with Gasteiger partial charge in [0, 0.05) is 18.7 Å². The van der Waals surface area contributed by atoms with Crippen LogP contribution in [0.5, 0.6) is 0 Å². The molecule has 0 saturated carbocycles. The number of carbonyl (C=O) groups excluding carboxylic acids is 4. The van der Waals surface area contributed by atoms with Crippen molar-refractivity contribution < 1.29 is 39.0 Å². The van der Waals surface area contributed by atoms with E-state index in [4.69, 9.17) is 33.1 Å². The minimum absolute atomic E-state index is 0.129. The Labute approximate surface area is 206 Å². The molecule has 0 aromatic heterocycles. The highest BCUT2D eigenvalue weighted by atomic mass is 32.1. The third-order valence-corrected chi connectivity index (χ3v) is 4.79. The van der Waals surface area contributed by atoms with Gasteiger partial charge in [-0.15, -0.1) is 0 Å². The molecule has 0 aliphatic rings. The highest BCUT2D eigenvalue weighted by Gasteiger charge is 2.31. The number of nitrogens with two attached hydrogens (primary N) is 4. The fourth-order valence-electron chi connectivity index (χ4n) is 2.60. The molecule has 198 valence electrons. The van der Waals surface area contributed by atoms with Crippen LogP contribution in [0.25, 0.3) is 0 Å². The van der Waals surface area contributed by atoms with Crippen molar-refractivity contribution in [2.75, 3.05) is 12.3 Å². The van der Waals surface area contributed by atoms with E-state index in [9.17, 15) is 28.8 Å². The van der Waals surface area contributed by atoms with Crippen LogP contribution in [0.2, 0.25) is 0 Å². The number of nitrogens with one attached hydrogen (secondary N) is 3. The van der Waals surface area contributed by atoms with Crippen LogP contribution in [0.1, 0.15) is 32.1 Å². The molecule has 35 heavy (non-hydrogen) atoms. The summed E-state index contributed by atoms with van der Waals surface area (Å²) in [4.78, 5) is 74.8. The summed E-state index contributed by atoms with van der Waals surface area (Å²) in [6.07, 6.45) is -0.992. The van der Waals surface area contributed by atoms with Crippen molar-refractivity contribution in [2.45, 2.75) is 56.3 Å². The van der Waals surface area contributed by atoms with Crippen LogP contribution in [-0.4, -0.2) is 88.2 Å². The van der Waals surface area contributed by atoms with Gasteiger partial charge < -0.3 is 49.1 Å². The fourth-order valence-corrected chi connectivity index (χ4v) is 2.85. The number of primary amides is 1. The average Bonchev–Trinajstić information content (AvgIpc) is 2.75. The van der Waals surface area contributed by atoms with Gasteiger partial charge in [0.05, 0.1) is 12.5 Å². The summed E-state index contributed by atoms with van der Waals surface area (Å²) >= 11 is 3.79. The number of hydrogen-bond donors (Lipinski definition) is 10. The molecule has 0 aliphatic carbocycles. The van der Waals surface area contributed by atoms with Gasteiger partial charge in [0.15, 0.2) is 5.96 Å². The standard InChI is InChI=1S/C18H32N8O8S/c19-8(2-1-5-23-18(21)22)14(30)24-9(3-4-12(20)27)15(31)25-10(6-13(28)29)16(32)26-11(7-35)17(33)34/h8-11,35H,1-7,19H2,(H2,20,27)(H,24,30)(H,25,31)(H,26,32)(H,28,29)(H,33,34)(H4,21,22,23). The Morgan fingerprint density at radius 1 is 0.829 bits per heavy atom. The molecule has 4 unspecified atom stereocenters. The third kappa shape index (κ3) is 13.6. The normalized spacial score (nSPS) is 13.9. The predicted octanol–water partition coefficient (Wildman–Crippen LogP) is -4.42. The van der Waals surface area contributed by atoms with E-state index in [-0.39, 0.29) is 37.5 Å². The zero-order chi connectivity index (χ0) is 27.1. The summed E-state index contributed by atoms with van der Waals surface area (Å²) in [5, 5.41) is 24.7. The Balaban J connectivity index is 5.41. The van der Waals surface area contributed by atoms with Gasteiger partial charge in [-0.2, -0.15) is 12.6 Å². The number of aliphatic carboxylic acids is 2. The number of guanidine groups is 1. The molecule has 0 bridgehead atoms. The molecule has 0 heterocycles. The van der Waals surface area contributed by atoms with E-state index in [1.165, 1.54) is 0 Å². The van der Waals surface area contributed by atoms with Gasteiger partial charge in [-0.3, -0.25) is 29.0 Å². The van der Waals surface area contributed by atoms with E-state index in [2.05, 4.69) is 33.6 Å². The van der Waals surface area contributed by atoms with Crippen LogP contribution in [0.4, 0.5) is 0 Å². The van der Waals surface area contributed by atoms with Crippen LogP contribution in [0.3, 0.4) is 0 Å². The monoisotopic (exact) mass is 520 g/mol. The van der Waals surface area contributed by atoms with Crippen molar-refractivity contribution in [2.24, 2.45) is 27.9 Å². The summed E-state index contributed by atoms with van der Waals surface area (Å²) < 4.78 is 0. The average molecular weight is 521 g/mol. The zero-order valence-electron chi connectivity index (χ0n) is 18.8. The van der Waals surface area contributed by atoms with E-state index in [0.29, 0.717) is 6.42 Å². The molecule has 0 aromatic carbocycles. The maximum absolute atomic E-state index is 12.8. The first kappa shape index (κ1) is 31.4. The molecule has 17 heteroatoms. The molecule has 0 aromatic rings. The summed E-state index contributed by atoms with van der Waals surface area (Å²) in [7, 11) is 0. The van der Waals surface area contributed by atoms with Gasteiger partial charge in [-0.1, -0.05) is 0 Å². The number of rotatable bonds is 17. The second-order valence-electron chi connectivity index (χ2n) is 7.36. The lowest BCUT2D eigenvalue weighted by molar-refractivity contribution is -0.143. The van der Waals surface area contributed by atoms with Crippen molar-refractivity contribution in [1.82, 2.24) is 16.0 Å². The number of aliphatic imine (C=N–C) groups is 1. The fraction of sp³-hybridized carbons (Fsp3) is 0.611. The van der Waals surface area contributed by atoms with Crippen LogP contribution in [0, 0.1) is 0 Å². The molecule has 0 saturated heterocycles. The molecule has 13 N–H and O–H groups in total. The largest absolute Gasteiger partial charge is 0.481 e. The van der Waals surface area contributed by atoms with Gasteiger partial charge in [-0.05, 0) is 19.3 Å². The summed E-state index contributed by atoms with van der Waals surface area (Å²) in [6.45, 7) is 0.213. The van der Waals surface area contributed by atoms with Gasteiger partial charge >= 0.3 is 11.9 Å². The molecule has 4 amide bonds. The highest BCUT2D eigenvalue weighted by molar-refractivity contribution is 7.80. The first-order valence-electron chi connectivity index (χ1n) is 10.3. The number of amides is 4. The van der Waals surface area contributed by atoms with Crippen LogP contribution in [0.15, 0.2) is 4.99 Å². The molecule has 0 spiro atoms. The van der Waals surface area contributed by atoms with Crippen molar-refractivity contribution in [3.05, 3.63) is 0 Å². The minimum Gasteiger partial charge on any atom is -0.481 e. The molecule has 16 nitrogen and oxygen atoms in total. The summed E-state index contributed by atoms with van der Waals surface area (Å²) in [6, 6.07) is -5.61. The summed E-state index contributed by atoms with van der Waals surface area (Å²) in [5.41, 5.74) is 21.3. The SMILES string of the molecule is NC(=O)CCC(NC(=O)C(N)CCCN=C(N)N)C(=O)NC(CC(=O)O)C(=O)NC(CS)C(=O)O. The number of thiol groups is 1. The lowest BCUT2D eigenvalue weighted by Gasteiger charge is -2.24. The number of nitrogens with zero attached hydrogens (tertiary/aromatic N) is 1. The Morgan fingerprint density at radius 2 is 1.37 bits per heavy atom. The van der Waals surface area contributed by atoms with E-state index in [0.717, 1.165) is 0 Å². The second kappa shape index (κ2) is 16.1. The lowest BCUT2D eigenvalue weighted by atomic mass is 10.1. The zero-order valence-corrected chi connectivity index (χ0v) is 19.7. The van der Waals surface area contributed by atoms with Crippen molar-refractivity contribution in [1.29, 1.82) is 0 Å².